The molecule has 1 unspecified atom stereocenters. The minimum absolute atomic E-state index is 0.0799. The van der Waals surface area contributed by atoms with E-state index in [9.17, 15) is 13.2 Å². The lowest BCUT2D eigenvalue weighted by molar-refractivity contribution is -0.121. The van der Waals surface area contributed by atoms with Gasteiger partial charge in [0, 0.05) is 35.9 Å². The quantitative estimate of drug-likeness (QED) is 0.470. The van der Waals surface area contributed by atoms with E-state index in [4.69, 9.17) is 16.1 Å². The van der Waals surface area contributed by atoms with E-state index >= 15 is 0 Å². The first-order chi connectivity index (χ1) is 17.9. The molecule has 3 aromatic rings. The number of aromatic nitrogens is 2. The highest BCUT2D eigenvalue weighted by atomic mass is 35.5. The molecule has 1 aromatic heterocycles. The van der Waals surface area contributed by atoms with Gasteiger partial charge in [-0.15, -0.1) is 0 Å². The van der Waals surface area contributed by atoms with Gasteiger partial charge in [-0.1, -0.05) is 23.2 Å². The van der Waals surface area contributed by atoms with Gasteiger partial charge in [0.05, 0.1) is 17.4 Å². The van der Waals surface area contributed by atoms with Gasteiger partial charge in [0.2, 0.25) is 27.6 Å². The second-order valence-electron chi connectivity index (χ2n) is 9.57. The van der Waals surface area contributed by atoms with Crippen molar-refractivity contribution in [3.8, 4) is 11.4 Å². The summed E-state index contributed by atoms with van der Waals surface area (Å²) >= 11 is 5.95. The Morgan fingerprint density at radius 1 is 1.00 bits per heavy atom. The van der Waals surface area contributed by atoms with Gasteiger partial charge < -0.3 is 9.84 Å². The topological polar surface area (TPSA) is 109 Å². The molecule has 0 aliphatic carbocycles. The lowest BCUT2D eigenvalue weighted by Gasteiger charge is -2.30. The van der Waals surface area contributed by atoms with Crippen LogP contribution in [0.1, 0.15) is 38.0 Å². The molecule has 3 heterocycles. The molecule has 1 N–H and O–H groups in total. The van der Waals surface area contributed by atoms with Crippen LogP contribution in [0.3, 0.4) is 0 Å². The number of carbonyl (C=O) groups excluding carboxylic acids is 1. The summed E-state index contributed by atoms with van der Waals surface area (Å²) in [4.78, 5) is 19.9. The van der Waals surface area contributed by atoms with E-state index in [0.29, 0.717) is 48.6 Å². The molecule has 0 saturated carbocycles. The molecule has 11 heteroatoms. The number of hydrogen-bond acceptors (Lipinski definition) is 7. The highest BCUT2D eigenvalue weighted by molar-refractivity contribution is 7.89. The van der Waals surface area contributed by atoms with Crippen molar-refractivity contribution in [2.24, 2.45) is 5.92 Å². The second-order valence-corrected chi connectivity index (χ2v) is 11.9. The zero-order chi connectivity index (χ0) is 25.8. The molecule has 0 spiro atoms. The fraction of sp³-hybridized carbons (Fsp3) is 0.423. The number of hydrogen-bond donors (Lipinski definition) is 1. The predicted octanol–water partition coefficient (Wildman–Crippen LogP) is 4.42. The summed E-state index contributed by atoms with van der Waals surface area (Å²) in [5.41, 5.74) is 1.41. The van der Waals surface area contributed by atoms with Crippen molar-refractivity contribution < 1.29 is 17.7 Å². The SMILES string of the molecule is O=C(Nc1ccc(S(=O)(=O)N2CCCCC2)cc1)C1CCCN(Cc2nc(-c3ccc(Cl)cc3)no2)C1. The zero-order valence-corrected chi connectivity index (χ0v) is 22.0. The minimum Gasteiger partial charge on any atom is -0.338 e. The maximum Gasteiger partial charge on any atom is 0.243 e. The molecule has 9 nitrogen and oxygen atoms in total. The summed E-state index contributed by atoms with van der Waals surface area (Å²) < 4.78 is 32.7. The van der Waals surface area contributed by atoms with Crippen molar-refractivity contribution in [3.05, 3.63) is 59.4 Å². The zero-order valence-electron chi connectivity index (χ0n) is 20.5. The van der Waals surface area contributed by atoms with Gasteiger partial charge in [-0.25, -0.2) is 8.42 Å². The maximum atomic E-state index is 13.0. The number of nitrogens with zero attached hydrogens (tertiary/aromatic N) is 4. The molecule has 2 aliphatic heterocycles. The fourth-order valence-electron chi connectivity index (χ4n) is 4.85. The van der Waals surface area contributed by atoms with Crippen LogP contribution in [-0.4, -0.2) is 59.8 Å². The van der Waals surface area contributed by atoms with Crippen molar-refractivity contribution in [2.75, 3.05) is 31.5 Å². The molecule has 37 heavy (non-hydrogen) atoms. The normalized spacial score (nSPS) is 19.5. The Labute approximate surface area is 221 Å². The predicted molar refractivity (Wildman–Crippen MR) is 140 cm³/mol. The van der Waals surface area contributed by atoms with E-state index in [-0.39, 0.29) is 16.7 Å². The Morgan fingerprint density at radius 2 is 1.73 bits per heavy atom. The van der Waals surface area contributed by atoms with Gasteiger partial charge >= 0.3 is 0 Å². The monoisotopic (exact) mass is 543 g/mol. The average molecular weight is 544 g/mol. The largest absolute Gasteiger partial charge is 0.338 e. The summed E-state index contributed by atoms with van der Waals surface area (Å²) in [5, 5.41) is 7.65. The van der Waals surface area contributed by atoms with Crippen LogP contribution in [0.4, 0.5) is 5.69 Å². The Hall–Kier alpha value is -2.79. The molecule has 5 rings (SSSR count). The summed E-state index contributed by atoms with van der Waals surface area (Å²) in [6.07, 6.45) is 4.51. The van der Waals surface area contributed by atoms with Crippen molar-refractivity contribution >= 4 is 33.2 Å². The summed E-state index contributed by atoms with van der Waals surface area (Å²) in [7, 11) is -3.49. The average Bonchev–Trinajstić information content (AvgIpc) is 3.38. The van der Waals surface area contributed by atoms with Gasteiger partial charge in [0.25, 0.3) is 0 Å². The van der Waals surface area contributed by atoms with Crippen molar-refractivity contribution in [3.63, 3.8) is 0 Å². The third kappa shape index (κ3) is 6.20. The highest BCUT2D eigenvalue weighted by Crippen LogP contribution is 2.25. The van der Waals surface area contributed by atoms with Crippen molar-refractivity contribution in [1.82, 2.24) is 19.3 Å². The molecule has 1 amide bonds. The van der Waals surface area contributed by atoms with Gasteiger partial charge in [-0.05, 0) is 80.8 Å². The number of piperidine rings is 2. The molecule has 0 radical (unpaired) electrons. The molecular formula is C26H30ClN5O4S. The van der Waals surface area contributed by atoms with E-state index in [1.165, 1.54) is 0 Å². The lowest BCUT2D eigenvalue weighted by atomic mass is 9.97. The molecule has 2 fully saturated rings. The van der Waals surface area contributed by atoms with Crippen LogP contribution >= 0.6 is 11.6 Å². The molecule has 0 bridgehead atoms. The number of rotatable bonds is 7. The number of carbonyl (C=O) groups is 1. The van der Waals surface area contributed by atoms with Gasteiger partial charge in [-0.3, -0.25) is 9.69 Å². The van der Waals surface area contributed by atoms with Gasteiger partial charge in [-0.2, -0.15) is 9.29 Å². The van der Waals surface area contributed by atoms with Crippen molar-refractivity contribution in [2.45, 2.75) is 43.5 Å². The van der Waals surface area contributed by atoms with E-state index in [2.05, 4.69) is 20.4 Å². The summed E-state index contributed by atoms with van der Waals surface area (Å²) in [6.45, 7) is 3.00. The van der Waals surface area contributed by atoms with Crippen LogP contribution in [0.15, 0.2) is 57.9 Å². The van der Waals surface area contributed by atoms with Crippen LogP contribution in [0, 0.1) is 5.92 Å². The van der Waals surface area contributed by atoms with Crippen LogP contribution in [0.5, 0.6) is 0 Å². The van der Waals surface area contributed by atoms with Crippen LogP contribution in [0.2, 0.25) is 5.02 Å². The number of amides is 1. The Balaban J connectivity index is 1.16. The Kier molecular flexibility index (Phi) is 7.89. The number of anilines is 1. The first-order valence-corrected chi connectivity index (χ1v) is 14.4. The molecule has 1 atom stereocenters. The first-order valence-electron chi connectivity index (χ1n) is 12.6. The Bertz CT molecular complexity index is 1320. The highest BCUT2D eigenvalue weighted by Gasteiger charge is 2.28. The molecule has 196 valence electrons. The summed E-state index contributed by atoms with van der Waals surface area (Å²) in [6, 6.07) is 13.7. The lowest BCUT2D eigenvalue weighted by Crippen LogP contribution is -2.40. The van der Waals surface area contributed by atoms with E-state index in [1.54, 1.807) is 40.7 Å². The number of sulfonamides is 1. The number of likely N-dealkylation sites (tertiary alicyclic amines) is 1. The van der Waals surface area contributed by atoms with Crippen LogP contribution in [0.25, 0.3) is 11.4 Å². The van der Waals surface area contributed by atoms with Crippen LogP contribution < -0.4 is 5.32 Å². The van der Waals surface area contributed by atoms with Crippen molar-refractivity contribution in [1.29, 1.82) is 0 Å². The van der Waals surface area contributed by atoms with Crippen LogP contribution in [-0.2, 0) is 21.4 Å². The van der Waals surface area contributed by atoms with Gasteiger partial charge in [0.1, 0.15) is 0 Å². The Morgan fingerprint density at radius 3 is 2.46 bits per heavy atom. The molecule has 2 aliphatic rings. The third-order valence-electron chi connectivity index (χ3n) is 6.88. The molecular weight excluding hydrogens is 514 g/mol. The number of nitrogens with one attached hydrogen (secondary N) is 1. The summed E-state index contributed by atoms with van der Waals surface area (Å²) in [5.74, 6) is 0.730. The smallest absolute Gasteiger partial charge is 0.243 e. The standard InChI is InChI=1S/C26H30ClN5O4S/c27-21-8-6-19(7-9-21)25-29-24(36-30-25)18-31-14-4-5-20(17-31)26(33)28-22-10-12-23(13-11-22)37(34,35)32-15-2-1-3-16-32/h6-13,20H,1-5,14-18H2,(H,28,33). The second kappa shape index (κ2) is 11.3. The first kappa shape index (κ1) is 25.8. The molecule has 2 saturated heterocycles. The maximum absolute atomic E-state index is 13.0. The van der Waals surface area contributed by atoms with E-state index in [0.717, 1.165) is 44.2 Å². The van der Waals surface area contributed by atoms with E-state index < -0.39 is 10.0 Å². The number of halogens is 1. The van der Waals surface area contributed by atoms with Gasteiger partial charge in [0.15, 0.2) is 0 Å². The molecule has 2 aromatic carbocycles. The third-order valence-corrected chi connectivity index (χ3v) is 9.05. The fourth-order valence-corrected chi connectivity index (χ4v) is 6.49. The minimum atomic E-state index is -3.49. The number of benzene rings is 2. The van der Waals surface area contributed by atoms with E-state index in [1.807, 2.05) is 12.1 Å².